The number of nitrogens with one attached hydrogen (secondary N) is 2. The summed E-state index contributed by atoms with van der Waals surface area (Å²) in [6.45, 7) is 9.60. The first-order valence-electron chi connectivity index (χ1n) is 13.2. The number of hydrogen-bond acceptors (Lipinski definition) is 16. The molecule has 270 valence electrons. The average Bonchev–Trinajstić information content (AvgIpc) is 2.81. The van der Waals surface area contributed by atoms with E-state index in [9.17, 15) is 5.11 Å². The monoisotopic (exact) mass is 776 g/mol. The zero-order valence-electron chi connectivity index (χ0n) is 26.1. The van der Waals surface area contributed by atoms with Crippen molar-refractivity contribution in [3.05, 3.63) is 28.8 Å². The SMILES string of the molecule is Cc1cc(C=NCCCNCCCN(C)C)c([O-])c(C=NCCCNCCCN(C)C)c1.[Ni+2].[Ni+2].[O-][Cl+3]([O-])([O-])[O-].[O-][Cl+3]([O-])([O-])[O-].[OH-]. The predicted molar refractivity (Wildman–Crippen MR) is 139 cm³/mol. The van der Waals surface area contributed by atoms with E-state index in [-0.39, 0.29) is 44.2 Å². The number of benzene rings is 1. The third-order valence-corrected chi connectivity index (χ3v) is 4.95. The molecule has 0 fully saturated rings. The summed E-state index contributed by atoms with van der Waals surface area (Å²) in [6, 6.07) is 3.81. The van der Waals surface area contributed by atoms with Gasteiger partial charge in [0.2, 0.25) is 0 Å². The molecule has 3 N–H and O–H groups in total. The van der Waals surface area contributed by atoms with Crippen molar-refractivity contribution in [2.75, 3.05) is 80.5 Å². The van der Waals surface area contributed by atoms with Gasteiger partial charge in [-0.15, -0.1) is 20.5 Å². The van der Waals surface area contributed by atoms with E-state index in [0.29, 0.717) is 11.1 Å². The fourth-order valence-corrected chi connectivity index (χ4v) is 3.23. The molecular weight excluding hydrogens is 733 g/mol. The van der Waals surface area contributed by atoms with Gasteiger partial charge in [-0.1, -0.05) is 17.9 Å². The zero-order valence-corrected chi connectivity index (χ0v) is 29.6. The Balaban J connectivity index is -0.000000355. The molecule has 1 aromatic rings. The van der Waals surface area contributed by atoms with Crippen molar-refractivity contribution in [2.45, 2.75) is 32.6 Å². The quantitative estimate of drug-likeness (QED) is 0.0795. The van der Waals surface area contributed by atoms with Crippen LogP contribution < -0.4 is 53.0 Å². The molecule has 45 heavy (non-hydrogen) atoms. The maximum Gasteiger partial charge on any atom is 2.00 e. The van der Waals surface area contributed by atoms with Crippen molar-refractivity contribution >= 4 is 12.4 Å². The molecule has 0 amide bonds. The van der Waals surface area contributed by atoms with Crippen LogP contribution >= 0.6 is 0 Å². The summed E-state index contributed by atoms with van der Waals surface area (Å²) in [5.41, 5.74) is 2.35. The molecule has 0 aromatic heterocycles. The van der Waals surface area contributed by atoms with E-state index >= 15 is 0 Å². The van der Waals surface area contributed by atoms with Crippen LogP contribution in [-0.2, 0) is 33.0 Å². The molecule has 0 heterocycles. The van der Waals surface area contributed by atoms with E-state index in [2.05, 4.69) is 58.6 Å². The van der Waals surface area contributed by atoms with Gasteiger partial charge in [0.05, 0.1) is 0 Å². The van der Waals surface area contributed by atoms with Gasteiger partial charge < -0.3 is 31.0 Å². The predicted octanol–water partition coefficient (Wildman–Crippen LogP) is -7.92. The van der Waals surface area contributed by atoms with Crippen molar-refractivity contribution in [3.63, 3.8) is 0 Å². The number of aliphatic imine (C=N–C) groups is 2. The Bertz CT molecular complexity index is 805. The van der Waals surface area contributed by atoms with E-state index in [1.54, 1.807) is 12.4 Å². The molecular formula is C25H46Cl2N6Ni2O10. The third-order valence-electron chi connectivity index (χ3n) is 4.95. The number of nitrogens with zero attached hydrogens (tertiary/aromatic N) is 4. The molecule has 20 heteroatoms. The van der Waals surface area contributed by atoms with Crippen LogP contribution in [-0.4, -0.2) is 108 Å². The molecule has 0 aliphatic rings. The van der Waals surface area contributed by atoms with Crippen LogP contribution in [0.1, 0.15) is 42.4 Å². The van der Waals surface area contributed by atoms with E-state index < -0.39 is 20.5 Å². The van der Waals surface area contributed by atoms with Gasteiger partial charge in [-0.05, 0) is 117 Å². The van der Waals surface area contributed by atoms with E-state index in [0.717, 1.165) is 83.6 Å². The Morgan fingerprint density at radius 1 is 0.644 bits per heavy atom. The van der Waals surface area contributed by atoms with Gasteiger partial charge in [-0.25, -0.2) is 37.3 Å². The molecule has 0 saturated heterocycles. The molecule has 0 spiro atoms. The number of hydrogen-bond donors (Lipinski definition) is 2. The van der Waals surface area contributed by atoms with Crippen LogP contribution in [0.25, 0.3) is 0 Å². The van der Waals surface area contributed by atoms with Gasteiger partial charge in [0, 0.05) is 25.5 Å². The first-order valence-corrected chi connectivity index (χ1v) is 15.6. The molecule has 1 rings (SSSR count). The Hall–Kier alpha value is -0.593. The van der Waals surface area contributed by atoms with Crippen LogP contribution in [0, 0.1) is 27.4 Å². The van der Waals surface area contributed by atoms with Gasteiger partial charge in [-0.3, -0.25) is 9.98 Å². The van der Waals surface area contributed by atoms with Gasteiger partial charge in [-0.2, -0.15) is 0 Å². The van der Waals surface area contributed by atoms with Crippen molar-refractivity contribution in [1.29, 1.82) is 0 Å². The van der Waals surface area contributed by atoms with Crippen LogP contribution in [0.2, 0.25) is 0 Å². The number of halogens is 2. The maximum absolute atomic E-state index is 12.7. The standard InChI is InChI=1S/C25H46N6O.2ClHO4.2Ni.H2O/c1-22-18-23(20-28-12-6-10-26-14-8-16-30(2)3)25(32)24(19-22)21-29-13-7-11-27-15-9-17-31(4)5;2*2-1(3,4)5;;;/h18-21,26-27,32H,6-17H2,1-5H3;2*(H,2,3,4,5);;;1H2/q;;;2*+2;/p-4. The second kappa shape index (κ2) is 32.0. The van der Waals surface area contributed by atoms with Crippen LogP contribution in [0.3, 0.4) is 0 Å². The van der Waals surface area contributed by atoms with Crippen molar-refractivity contribution < 1.29 is 101 Å². The van der Waals surface area contributed by atoms with E-state index in [1.165, 1.54) is 0 Å². The van der Waals surface area contributed by atoms with E-state index in [4.69, 9.17) is 37.3 Å². The Kier molecular flexibility index (Phi) is 38.3. The first-order chi connectivity index (χ1) is 19.4. The van der Waals surface area contributed by atoms with E-state index in [1.807, 2.05) is 19.1 Å². The van der Waals surface area contributed by atoms with Crippen LogP contribution in [0.15, 0.2) is 22.1 Å². The number of rotatable bonds is 18. The average molecular weight is 779 g/mol. The van der Waals surface area contributed by atoms with Gasteiger partial charge >= 0.3 is 33.0 Å². The zero-order chi connectivity index (χ0) is 32.6. The third kappa shape index (κ3) is 47.9. The van der Waals surface area contributed by atoms with Crippen molar-refractivity contribution in [1.82, 2.24) is 20.4 Å². The molecule has 0 aliphatic heterocycles. The topological polar surface area (TPSA) is 293 Å². The largest absolute Gasteiger partial charge is 2.00 e. The second-order valence-corrected chi connectivity index (χ2v) is 11.1. The maximum atomic E-state index is 12.7. The van der Waals surface area contributed by atoms with Gasteiger partial charge in [0.25, 0.3) is 0 Å². The Morgan fingerprint density at radius 3 is 1.22 bits per heavy atom. The molecule has 0 unspecified atom stereocenters. The fraction of sp³-hybridized carbons (Fsp3) is 0.680. The minimum absolute atomic E-state index is 0. The minimum Gasteiger partial charge on any atom is -0.872 e. The fourth-order valence-electron chi connectivity index (χ4n) is 3.23. The molecule has 0 aliphatic carbocycles. The summed E-state index contributed by atoms with van der Waals surface area (Å²) in [5.74, 6) is 0.00622. The Morgan fingerprint density at radius 2 is 0.933 bits per heavy atom. The van der Waals surface area contributed by atoms with Crippen molar-refractivity contribution in [3.8, 4) is 5.75 Å². The molecule has 0 atom stereocenters. The smallest absolute Gasteiger partial charge is 0.872 e. The summed E-state index contributed by atoms with van der Waals surface area (Å²) in [5, 5.41) is 19.6. The Labute approximate surface area is 290 Å². The molecule has 0 bridgehead atoms. The summed E-state index contributed by atoms with van der Waals surface area (Å²) >= 11 is 0. The molecule has 0 radical (unpaired) electrons. The molecule has 16 nitrogen and oxygen atoms in total. The second-order valence-electron chi connectivity index (χ2n) is 9.62. The minimum atomic E-state index is -4.94. The normalized spacial score (nSPS) is 11.4. The summed E-state index contributed by atoms with van der Waals surface area (Å²) in [6.07, 6.45) is 7.67. The van der Waals surface area contributed by atoms with Crippen LogP contribution in [0.4, 0.5) is 0 Å². The van der Waals surface area contributed by atoms with Gasteiger partial charge in [0.1, 0.15) is 0 Å². The van der Waals surface area contributed by atoms with Crippen LogP contribution in [0.5, 0.6) is 5.75 Å². The first kappa shape index (κ1) is 53.9. The summed E-state index contributed by atoms with van der Waals surface area (Å²) < 4.78 is 67.9. The summed E-state index contributed by atoms with van der Waals surface area (Å²) in [4.78, 5) is 13.3. The molecule has 0 saturated carbocycles. The summed E-state index contributed by atoms with van der Waals surface area (Å²) in [7, 11) is -1.52. The number of aryl methyl sites for hydroxylation is 1. The molecule has 1 aromatic carbocycles. The van der Waals surface area contributed by atoms with Gasteiger partial charge in [0.15, 0.2) is 0 Å². The van der Waals surface area contributed by atoms with Crippen molar-refractivity contribution in [2.24, 2.45) is 9.98 Å².